The van der Waals surface area contributed by atoms with Gasteiger partial charge in [0.2, 0.25) is 5.82 Å². The van der Waals surface area contributed by atoms with Gasteiger partial charge >= 0.3 is 0 Å². The van der Waals surface area contributed by atoms with E-state index < -0.39 is 46.0 Å². The van der Waals surface area contributed by atoms with E-state index in [9.17, 15) is 26.3 Å². The van der Waals surface area contributed by atoms with Crippen molar-refractivity contribution >= 4 is 0 Å². The van der Waals surface area contributed by atoms with Crippen LogP contribution in [0.2, 0.25) is 0 Å². The third-order valence-corrected chi connectivity index (χ3v) is 5.90. The second kappa shape index (κ2) is 15.8. The topological polar surface area (TPSA) is 12.0 Å². The molecule has 0 heterocycles. The second-order valence-electron chi connectivity index (χ2n) is 8.73. The standard InChI is InChI=1S/C15H33N.C12H4F6/c1-5-8-10-15(7-3)11-12-16-13-14(4)9-6-2;13-6-4-2-1-3-5(6)7-8(14)10(16)12(18)11(17)9(7)15/h14-16H,5-13H2,1-4H3;1-4H. The quantitative estimate of drug-likeness (QED) is 0.136. The number of rotatable bonds is 12. The van der Waals surface area contributed by atoms with E-state index in [0.29, 0.717) is 0 Å². The van der Waals surface area contributed by atoms with Gasteiger partial charge in [-0.05, 0) is 43.8 Å². The van der Waals surface area contributed by atoms with Crippen LogP contribution in [0.15, 0.2) is 24.3 Å². The molecule has 2 atom stereocenters. The molecule has 34 heavy (non-hydrogen) atoms. The maximum absolute atomic E-state index is 13.4. The Bertz CT molecular complexity index is 841. The fourth-order valence-electron chi connectivity index (χ4n) is 3.80. The molecule has 2 unspecified atom stereocenters. The van der Waals surface area contributed by atoms with Gasteiger partial charge in [-0.15, -0.1) is 0 Å². The Balaban J connectivity index is 0.000000344. The van der Waals surface area contributed by atoms with E-state index in [2.05, 4.69) is 33.0 Å². The number of nitrogens with one attached hydrogen (secondary N) is 1. The zero-order valence-electron chi connectivity index (χ0n) is 20.6. The van der Waals surface area contributed by atoms with E-state index in [1.807, 2.05) is 0 Å². The molecule has 2 aromatic carbocycles. The minimum Gasteiger partial charge on any atom is -0.316 e. The maximum Gasteiger partial charge on any atom is 0.200 e. The Kier molecular flexibility index (Phi) is 13.9. The molecular formula is C27H37F6N. The van der Waals surface area contributed by atoms with Crippen LogP contribution in [0.25, 0.3) is 11.1 Å². The monoisotopic (exact) mass is 489 g/mol. The Morgan fingerprint density at radius 3 is 1.85 bits per heavy atom. The molecule has 0 radical (unpaired) electrons. The summed E-state index contributed by atoms with van der Waals surface area (Å²) >= 11 is 0. The first-order valence-corrected chi connectivity index (χ1v) is 12.2. The largest absolute Gasteiger partial charge is 0.316 e. The third kappa shape index (κ3) is 8.97. The van der Waals surface area contributed by atoms with Gasteiger partial charge in [-0.25, -0.2) is 26.3 Å². The molecule has 2 aromatic rings. The summed E-state index contributed by atoms with van der Waals surface area (Å²) in [6, 6.07) is 4.22. The van der Waals surface area contributed by atoms with Crippen LogP contribution in [0, 0.1) is 46.7 Å². The van der Waals surface area contributed by atoms with Gasteiger partial charge in [0.15, 0.2) is 23.3 Å². The first-order chi connectivity index (χ1) is 16.2. The first kappa shape index (κ1) is 30.0. The van der Waals surface area contributed by atoms with Crippen molar-refractivity contribution in [3.63, 3.8) is 0 Å². The smallest absolute Gasteiger partial charge is 0.200 e. The second-order valence-corrected chi connectivity index (χ2v) is 8.73. The van der Waals surface area contributed by atoms with Gasteiger partial charge in [0.05, 0.1) is 5.56 Å². The minimum atomic E-state index is -2.27. The van der Waals surface area contributed by atoms with Crippen molar-refractivity contribution in [1.29, 1.82) is 0 Å². The van der Waals surface area contributed by atoms with Crippen molar-refractivity contribution in [1.82, 2.24) is 5.32 Å². The van der Waals surface area contributed by atoms with Crippen LogP contribution in [-0.2, 0) is 0 Å². The lowest BCUT2D eigenvalue weighted by atomic mass is 9.96. The average molecular weight is 490 g/mol. The fraction of sp³-hybridized carbons (Fsp3) is 0.556. The van der Waals surface area contributed by atoms with E-state index >= 15 is 0 Å². The van der Waals surface area contributed by atoms with Crippen molar-refractivity contribution < 1.29 is 26.3 Å². The van der Waals surface area contributed by atoms with Crippen molar-refractivity contribution in [3.05, 3.63) is 59.2 Å². The SMILES string of the molecule is CCCCC(CC)CCNCC(C)CCC.Fc1ccccc1-c1c(F)c(F)c(F)c(F)c1F. The van der Waals surface area contributed by atoms with Crippen LogP contribution in [0.4, 0.5) is 26.3 Å². The van der Waals surface area contributed by atoms with E-state index in [0.717, 1.165) is 24.0 Å². The van der Waals surface area contributed by atoms with Crippen LogP contribution in [0.3, 0.4) is 0 Å². The highest BCUT2D eigenvalue weighted by molar-refractivity contribution is 5.65. The molecule has 0 saturated carbocycles. The molecule has 0 amide bonds. The van der Waals surface area contributed by atoms with E-state index in [1.54, 1.807) is 0 Å². The molecule has 0 spiro atoms. The third-order valence-electron chi connectivity index (χ3n) is 5.90. The maximum atomic E-state index is 13.4. The molecule has 1 nitrogen and oxygen atoms in total. The summed E-state index contributed by atoms with van der Waals surface area (Å²) in [6.07, 6.45) is 9.58. The summed E-state index contributed by atoms with van der Waals surface area (Å²) in [7, 11) is 0. The molecule has 192 valence electrons. The van der Waals surface area contributed by atoms with Crippen molar-refractivity contribution in [2.45, 2.75) is 72.6 Å². The van der Waals surface area contributed by atoms with Gasteiger partial charge in [0.1, 0.15) is 5.82 Å². The minimum absolute atomic E-state index is 0.690. The van der Waals surface area contributed by atoms with E-state index in [4.69, 9.17) is 0 Å². The molecular weight excluding hydrogens is 452 g/mol. The molecule has 0 bridgehead atoms. The van der Waals surface area contributed by atoms with Crippen LogP contribution in [0.5, 0.6) is 0 Å². The summed E-state index contributed by atoms with van der Waals surface area (Å²) in [5.41, 5.74) is -1.96. The summed E-state index contributed by atoms with van der Waals surface area (Å²) < 4.78 is 78.8. The number of unbranched alkanes of at least 4 members (excludes halogenated alkanes) is 1. The lowest BCUT2D eigenvalue weighted by molar-refractivity contribution is 0.381. The van der Waals surface area contributed by atoms with Crippen LogP contribution in [-0.4, -0.2) is 13.1 Å². The molecule has 2 rings (SSSR count). The molecule has 0 fully saturated rings. The fourth-order valence-corrected chi connectivity index (χ4v) is 3.80. The van der Waals surface area contributed by atoms with Gasteiger partial charge in [-0.3, -0.25) is 0 Å². The summed E-state index contributed by atoms with van der Waals surface area (Å²) in [5.74, 6) is -9.88. The highest BCUT2D eigenvalue weighted by Gasteiger charge is 2.27. The average Bonchev–Trinajstić information content (AvgIpc) is 2.83. The zero-order valence-corrected chi connectivity index (χ0v) is 20.6. The summed E-state index contributed by atoms with van der Waals surface area (Å²) in [6.45, 7) is 11.7. The van der Waals surface area contributed by atoms with Crippen LogP contribution < -0.4 is 5.32 Å². The predicted molar refractivity (Wildman–Crippen MR) is 126 cm³/mol. The molecule has 0 aromatic heterocycles. The van der Waals surface area contributed by atoms with Gasteiger partial charge in [-0.1, -0.05) is 78.0 Å². The summed E-state index contributed by atoms with van der Waals surface area (Å²) in [4.78, 5) is 0. The number of halogens is 6. The van der Waals surface area contributed by atoms with Gasteiger partial charge in [-0.2, -0.15) is 0 Å². The van der Waals surface area contributed by atoms with Gasteiger partial charge < -0.3 is 5.32 Å². The Hall–Kier alpha value is -2.02. The zero-order chi connectivity index (χ0) is 25.7. The summed E-state index contributed by atoms with van der Waals surface area (Å²) in [5, 5.41) is 3.61. The lowest BCUT2D eigenvalue weighted by Gasteiger charge is -2.16. The number of hydrogen-bond acceptors (Lipinski definition) is 1. The Labute approximate surface area is 200 Å². The number of benzene rings is 2. The van der Waals surface area contributed by atoms with Crippen LogP contribution >= 0.6 is 0 Å². The number of hydrogen-bond donors (Lipinski definition) is 1. The molecule has 0 aliphatic rings. The Morgan fingerprint density at radius 1 is 0.735 bits per heavy atom. The van der Waals surface area contributed by atoms with E-state index in [-0.39, 0.29) is 0 Å². The molecule has 1 N–H and O–H groups in total. The van der Waals surface area contributed by atoms with Crippen molar-refractivity contribution in [3.8, 4) is 11.1 Å². The van der Waals surface area contributed by atoms with E-state index in [1.165, 1.54) is 70.2 Å². The van der Waals surface area contributed by atoms with Gasteiger partial charge in [0.25, 0.3) is 0 Å². The van der Waals surface area contributed by atoms with Crippen LogP contribution in [0.1, 0.15) is 72.6 Å². The highest BCUT2D eigenvalue weighted by atomic mass is 19.2. The first-order valence-electron chi connectivity index (χ1n) is 12.2. The molecule has 7 heteroatoms. The van der Waals surface area contributed by atoms with Gasteiger partial charge in [0, 0.05) is 5.56 Å². The normalized spacial score (nSPS) is 12.8. The van der Waals surface area contributed by atoms with Crippen molar-refractivity contribution in [2.24, 2.45) is 11.8 Å². The lowest BCUT2D eigenvalue weighted by Crippen LogP contribution is -2.23. The van der Waals surface area contributed by atoms with Crippen molar-refractivity contribution in [2.75, 3.05) is 13.1 Å². The Morgan fingerprint density at radius 2 is 1.32 bits per heavy atom. The highest BCUT2D eigenvalue weighted by Crippen LogP contribution is 2.32. The molecule has 0 saturated heterocycles. The predicted octanol–water partition coefficient (Wildman–Crippen LogP) is 8.81. The molecule has 0 aliphatic heterocycles. The molecule has 0 aliphatic carbocycles.